The molecule has 1 aromatic carbocycles. The summed E-state index contributed by atoms with van der Waals surface area (Å²) in [5.74, 6) is -0.457. The smallest absolute Gasteiger partial charge is 0.132 e. The fourth-order valence-corrected chi connectivity index (χ4v) is 2.68. The summed E-state index contributed by atoms with van der Waals surface area (Å²) in [6, 6.07) is 3.43. The number of benzene rings is 1. The van der Waals surface area contributed by atoms with Gasteiger partial charge in [0.1, 0.15) is 11.6 Å². The third-order valence-electron chi connectivity index (χ3n) is 2.86. The van der Waals surface area contributed by atoms with Crippen LogP contribution in [0.5, 0.6) is 0 Å². The second kappa shape index (κ2) is 4.16. The molecule has 1 aliphatic heterocycles. The Morgan fingerprint density at radius 3 is 2.82 bits per heavy atom. The highest BCUT2D eigenvalue weighted by Gasteiger charge is 2.22. The van der Waals surface area contributed by atoms with E-state index in [1.807, 2.05) is 0 Å². The second-order valence-electron chi connectivity index (χ2n) is 4.05. The van der Waals surface area contributed by atoms with Gasteiger partial charge in [0.2, 0.25) is 0 Å². The first-order valence-corrected chi connectivity index (χ1v) is 6.23. The molecular formula is C12H10F2N2S. The Bertz CT molecular complexity index is 549. The van der Waals surface area contributed by atoms with Crippen molar-refractivity contribution in [2.45, 2.75) is 5.92 Å². The Labute approximate surface area is 101 Å². The number of aromatic nitrogens is 1. The standard InChI is InChI=1S/C12H10F2N2S/c13-8-1-2-10(14)9(3-8)11-6-17-12(16-11)7-4-15-5-7/h1-3,6-7,15H,4-5H2. The lowest BCUT2D eigenvalue weighted by Crippen LogP contribution is -2.39. The average Bonchev–Trinajstić information content (AvgIpc) is 2.68. The number of hydrogen-bond donors (Lipinski definition) is 1. The van der Waals surface area contributed by atoms with E-state index in [0.717, 1.165) is 30.2 Å². The Morgan fingerprint density at radius 2 is 2.12 bits per heavy atom. The van der Waals surface area contributed by atoms with Gasteiger partial charge in [-0.2, -0.15) is 0 Å². The fraction of sp³-hybridized carbons (Fsp3) is 0.250. The lowest BCUT2D eigenvalue weighted by Gasteiger charge is -2.24. The first-order valence-electron chi connectivity index (χ1n) is 5.35. The molecule has 2 nitrogen and oxygen atoms in total. The monoisotopic (exact) mass is 252 g/mol. The molecule has 88 valence electrons. The quantitative estimate of drug-likeness (QED) is 0.889. The van der Waals surface area contributed by atoms with Crippen LogP contribution in [0.15, 0.2) is 23.6 Å². The predicted octanol–water partition coefficient (Wildman–Crippen LogP) is 2.78. The lowest BCUT2D eigenvalue weighted by atomic mass is 10.1. The summed E-state index contributed by atoms with van der Waals surface area (Å²) >= 11 is 1.50. The van der Waals surface area contributed by atoms with Gasteiger partial charge in [-0.05, 0) is 18.2 Å². The van der Waals surface area contributed by atoms with Crippen LogP contribution >= 0.6 is 11.3 Å². The zero-order valence-corrected chi connectivity index (χ0v) is 9.73. The maximum absolute atomic E-state index is 13.5. The van der Waals surface area contributed by atoms with E-state index < -0.39 is 11.6 Å². The van der Waals surface area contributed by atoms with Crippen LogP contribution < -0.4 is 5.32 Å². The molecule has 0 atom stereocenters. The van der Waals surface area contributed by atoms with Gasteiger partial charge in [0, 0.05) is 30.0 Å². The maximum Gasteiger partial charge on any atom is 0.132 e. The Kier molecular flexibility index (Phi) is 2.64. The Hall–Kier alpha value is -1.33. The van der Waals surface area contributed by atoms with E-state index >= 15 is 0 Å². The van der Waals surface area contributed by atoms with Crippen LogP contribution in [0.1, 0.15) is 10.9 Å². The molecule has 17 heavy (non-hydrogen) atoms. The minimum atomic E-state index is -0.443. The minimum Gasteiger partial charge on any atom is -0.315 e. The first-order chi connectivity index (χ1) is 8.24. The SMILES string of the molecule is Fc1ccc(F)c(-c2csc(C3CNC3)n2)c1. The van der Waals surface area contributed by atoms with Crippen LogP contribution in [0.4, 0.5) is 8.78 Å². The van der Waals surface area contributed by atoms with Gasteiger partial charge in [-0.15, -0.1) is 11.3 Å². The normalized spacial score (nSPS) is 15.9. The van der Waals surface area contributed by atoms with E-state index in [-0.39, 0.29) is 5.56 Å². The Morgan fingerprint density at radius 1 is 1.29 bits per heavy atom. The van der Waals surface area contributed by atoms with Gasteiger partial charge >= 0.3 is 0 Å². The zero-order chi connectivity index (χ0) is 11.8. The molecule has 0 saturated carbocycles. The van der Waals surface area contributed by atoms with Crippen molar-refractivity contribution in [1.29, 1.82) is 0 Å². The molecule has 0 spiro atoms. The topological polar surface area (TPSA) is 24.9 Å². The van der Waals surface area contributed by atoms with Crippen molar-refractivity contribution in [3.63, 3.8) is 0 Å². The second-order valence-corrected chi connectivity index (χ2v) is 4.94. The number of nitrogens with zero attached hydrogens (tertiary/aromatic N) is 1. The average molecular weight is 252 g/mol. The van der Waals surface area contributed by atoms with Crippen LogP contribution in [-0.2, 0) is 0 Å². The zero-order valence-electron chi connectivity index (χ0n) is 8.91. The van der Waals surface area contributed by atoms with E-state index in [1.165, 1.54) is 17.4 Å². The van der Waals surface area contributed by atoms with E-state index in [2.05, 4.69) is 10.3 Å². The number of thiazole rings is 1. The highest BCUT2D eigenvalue weighted by molar-refractivity contribution is 7.10. The molecule has 3 rings (SSSR count). The van der Waals surface area contributed by atoms with E-state index in [0.29, 0.717) is 11.6 Å². The van der Waals surface area contributed by atoms with Gasteiger partial charge in [-0.3, -0.25) is 0 Å². The van der Waals surface area contributed by atoms with Crippen LogP contribution in [0.3, 0.4) is 0 Å². The number of hydrogen-bond acceptors (Lipinski definition) is 3. The molecule has 0 amide bonds. The number of nitrogens with one attached hydrogen (secondary N) is 1. The molecule has 0 unspecified atom stereocenters. The third kappa shape index (κ3) is 1.96. The van der Waals surface area contributed by atoms with Gasteiger partial charge in [-0.25, -0.2) is 13.8 Å². The summed E-state index contributed by atoms with van der Waals surface area (Å²) < 4.78 is 26.6. The van der Waals surface area contributed by atoms with Gasteiger partial charge in [0.25, 0.3) is 0 Å². The summed E-state index contributed by atoms with van der Waals surface area (Å²) in [7, 11) is 0. The van der Waals surface area contributed by atoms with Crippen LogP contribution in [-0.4, -0.2) is 18.1 Å². The van der Waals surface area contributed by atoms with Crippen LogP contribution in [0, 0.1) is 11.6 Å². The highest BCUT2D eigenvalue weighted by Crippen LogP contribution is 2.29. The molecule has 0 bridgehead atoms. The van der Waals surface area contributed by atoms with Crippen LogP contribution in [0.25, 0.3) is 11.3 Å². The summed E-state index contributed by atoms with van der Waals surface area (Å²) in [5.41, 5.74) is 0.758. The van der Waals surface area contributed by atoms with Gasteiger partial charge in [0.15, 0.2) is 0 Å². The molecule has 0 radical (unpaired) electrons. The maximum atomic E-state index is 13.5. The molecule has 1 aliphatic rings. The predicted molar refractivity (Wildman–Crippen MR) is 63.1 cm³/mol. The van der Waals surface area contributed by atoms with Gasteiger partial charge in [-0.1, -0.05) is 0 Å². The summed E-state index contributed by atoms with van der Waals surface area (Å²) in [6.07, 6.45) is 0. The fourth-order valence-electron chi connectivity index (χ4n) is 1.76. The molecule has 0 aliphatic carbocycles. The summed E-state index contributed by atoms with van der Waals surface area (Å²) in [4.78, 5) is 4.38. The molecule has 1 saturated heterocycles. The highest BCUT2D eigenvalue weighted by atomic mass is 32.1. The third-order valence-corrected chi connectivity index (χ3v) is 3.86. The molecule has 1 N–H and O–H groups in total. The molecule has 5 heteroatoms. The summed E-state index contributed by atoms with van der Waals surface area (Å²) in [5, 5.41) is 5.93. The number of rotatable bonds is 2. The van der Waals surface area contributed by atoms with Crippen molar-refractivity contribution in [2.75, 3.05) is 13.1 Å². The van der Waals surface area contributed by atoms with Crippen molar-refractivity contribution >= 4 is 11.3 Å². The minimum absolute atomic E-state index is 0.236. The van der Waals surface area contributed by atoms with Crippen molar-refractivity contribution in [2.24, 2.45) is 0 Å². The van der Waals surface area contributed by atoms with E-state index in [4.69, 9.17) is 0 Å². The van der Waals surface area contributed by atoms with Crippen molar-refractivity contribution in [3.05, 3.63) is 40.2 Å². The largest absolute Gasteiger partial charge is 0.315 e. The summed E-state index contributed by atoms with van der Waals surface area (Å²) in [6.45, 7) is 1.83. The van der Waals surface area contributed by atoms with Crippen molar-refractivity contribution in [1.82, 2.24) is 10.3 Å². The van der Waals surface area contributed by atoms with Gasteiger partial charge < -0.3 is 5.32 Å². The number of halogens is 2. The molecule has 1 fully saturated rings. The lowest BCUT2D eigenvalue weighted by molar-refractivity contribution is 0.447. The molecular weight excluding hydrogens is 242 g/mol. The van der Waals surface area contributed by atoms with E-state index in [1.54, 1.807) is 5.38 Å². The Balaban J connectivity index is 1.97. The molecule has 2 aromatic rings. The van der Waals surface area contributed by atoms with Crippen molar-refractivity contribution < 1.29 is 8.78 Å². The molecule has 1 aromatic heterocycles. The molecule has 2 heterocycles. The first kappa shape index (κ1) is 10.8. The van der Waals surface area contributed by atoms with Crippen molar-refractivity contribution in [3.8, 4) is 11.3 Å². The van der Waals surface area contributed by atoms with Crippen LogP contribution in [0.2, 0.25) is 0 Å². The van der Waals surface area contributed by atoms with Gasteiger partial charge in [0.05, 0.1) is 10.7 Å². The van der Waals surface area contributed by atoms with E-state index in [9.17, 15) is 8.78 Å².